The third-order valence-corrected chi connectivity index (χ3v) is 3.69. The summed E-state index contributed by atoms with van der Waals surface area (Å²) in [5.74, 6) is 0. The number of hydrogen-bond donors (Lipinski definition) is 0. The van der Waals surface area contributed by atoms with E-state index in [1.54, 1.807) is 0 Å². The Kier molecular flexibility index (Phi) is 5.43. The molecule has 2 fully saturated rings. The number of ether oxygens (including phenoxy) is 1. The summed E-state index contributed by atoms with van der Waals surface area (Å²) in [5, 5.41) is 8.52. The van der Waals surface area contributed by atoms with Gasteiger partial charge in [0.1, 0.15) is 0 Å². The monoisotopic (exact) mass is 266 g/mol. The van der Waals surface area contributed by atoms with E-state index in [-0.39, 0.29) is 6.03 Å². The minimum Gasteiger partial charge on any atom is -0.378 e. The van der Waals surface area contributed by atoms with Crippen molar-refractivity contribution in [2.75, 3.05) is 59.0 Å². The Morgan fingerprint density at radius 1 is 1.05 bits per heavy atom. The van der Waals surface area contributed by atoms with Crippen molar-refractivity contribution in [2.24, 2.45) is 0 Å². The molecule has 0 N–H and O–H groups in total. The number of morpholine rings is 1. The van der Waals surface area contributed by atoms with Crippen molar-refractivity contribution < 1.29 is 9.53 Å². The molecule has 0 atom stereocenters. The Labute approximate surface area is 114 Å². The summed E-state index contributed by atoms with van der Waals surface area (Å²) < 4.78 is 5.26. The van der Waals surface area contributed by atoms with Crippen LogP contribution in [0.1, 0.15) is 12.8 Å². The van der Waals surface area contributed by atoms with Crippen LogP contribution in [0.2, 0.25) is 0 Å². The molecule has 6 nitrogen and oxygen atoms in total. The first-order valence-corrected chi connectivity index (χ1v) is 7.02. The average molecular weight is 266 g/mol. The van der Waals surface area contributed by atoms with E-state index in [4.69, 9.17) is 10.00 Å². The Morgan fingerprint density at radius 2 is 1.68 bits per heavy atom. The standard InChI is InChI=1S/C13H22N4O2/c14-3-1-2-4-15-5-7-16(8-6-15)13(18)17-9-11-19-12-10-17/h1-2,4-12H2. The van der Waals surface area contributed by atoms with Crippen LogP contribution in [0.5, 0.6) is 0 Å². The molecule has 2 aliphatic heterocycles. The maximum atomic E-state index is 12.3. The SMILES string of the molecule is N#CCCCN1CCN(C(=O)N2CCOCC2)CC1. The first-order chi connectivity index (χ1) is 9.31. The lowest BCUT2D eigenvalue weighted by Crippen LogP contribution is -2.54. The van der Waals surface area contributed by atoms with Crippen LogP contribution < -0.4 is 0 Å². The number of urea groups is 1. The van der Waals surface area contributed by atoms with Crippen molar-refractivity contribution in [3.8, 4) is 6.07 Å². The second kappa shape index (κ2) is 7.31. The summed E-state index contributed by atoms with van der Waals surface area (Å²) in [6.45, 7) is 7.11. The maximum absolute atomic E-state index is 12.3. The van der Waals surface area contributed by atoms with Gasteiger partial charge in [0, 0.05) is 45.7 Å². The van der Waals surface area contributed by atoms with Gasteiger partial charge in [-0.1, -0.05) is 0 Å². The van der Waals surface area contributed by atoms with Gasteiger partial charge in [0.05, 0.1) is 19.3 Å². The lowest BCUT2D eigenvalue weighted by atomic mass is 10.2. The average Bonchev–Trinajstić information content (AvgIpc) is 2.48. The zero-order valence-corrected chi connectivity index (χ0v) is 11.4. The first kappa shape index (κ1) is 14.1. The van der Waals surface area contributed by atoms with Crippen molar-refractivity contribution in [2.45, 2.75) is 12.8 Å². The summed E-state index contributed by atoms with van der Waals surface area (Å²) in [7, 11) is 0. The predicted molar refractivity (Wildman–Crippen MR) is 70.6 cm³/mol. The van der Waals surface area contributed by atoms with Crippen molar-refractivity contribution in [1.82, 2.24) is 14.7 Å². The number of nitriles is 1. The van der Waals surface area contributed by atoms with Crippen LogP contribution in [0.15, 0.2) is 0 Å². The maximum Gasteiger partial charge on any atom is 0.320 e. The second-order valence-electron chi connectivity index (χ2n) is 4.97. The Bertz CT molecular complexity index is 328. The van der Waals surface area contributed by atoms with Crippen molar-refractivity contribution in [1.29, 1.82) is 5.26 Å². The fraction of sp³-hybridized carbons (Fsp3) is 0.846. The molecule has 0 spiro atoms. The van der Waals surface area contributed by atoms with Gasteiger partial charge < -0.3 is 14.5 Å². The topological polar surface area (TPSA) is 59.8 Å². The number of nitrogens with zero attached hydrogens (tertiary/aromatic N) is 4. The van der Waals surface area contributed by atoms with Crippen LogP contribution >= 0.6 is 0 Å². The van der Waals surface area contributed by atoms with E-state index in [9.17, 15) is 4.79 Å². The first-order valence-electron chi connectivity index (χ1n) is 7.02. The van der Waals surface area contributed by atoms with Gasteiger partial charge in [-0.05, 0) is 13.0 Å². The number of piperazine rings is 1. The highest BCUT2D eigenvalue weighted by atomic mass is 16.5. The molecule has 2 saturated heterocycles. The summed E-state index contributed by atoms with van der Waals surface area (Å²) in [6.07, 6.45) is 1.54. The number of hydrogen-bond acceptors (Lipinski definition) is 4. The van der Waals surface area contributed by atoms with Crippen LogP contribution in [0, 0.1) is 11.3 Å². The highest BCUT2D eigenvalue weighted by Crippen LogP contribution is 2.08. The molecular formula is C13H22N4O2. The van der Waals surface area contributed by atoms with E-state index in [1.165, 1.54) is 0 Å². The van der Waals surface area contributed by atoms with Gasteiger partial charge in [0.25, 0.3) is 0 Å². The normalized spacial score (nSPS) is 21.2. The van der Waals surface area contributed by atoms with Gasteiger partial charge in [-0.25, -0.2) is 4.79 Å². The molecule has 2 aliphatic rings. The largest absolute Gasteiger partial charge is 0.378 e. The van der Waals surface area contributed by atoms with E-state index >= 15 is 0 Å². The lowest BCUT2D eigenvalue weighted by Gasteiger charge is -2.38. The van der Waals surface area contributed by atoms with E-state index in [0.29, 0.717) is 32.7 Å². The highest BCUT2D eigenvalue weighted by molar-refractivity contribution is 5.74. The number of carbonyl (C=O) groups is 1. The molecule has 0 aromatic rings. The number of rotatable bonds is 3. The van der Waals surface area contributed by atoms with Gasteiger partial charge >= 0.3 is 6.03 Å². The molecule has 0 aliphatic carbocycles. The number of carbonyl (C=O) groups excluding carboxylic acids is 1. The van der Waals surface area contributed by atoms with E-state index in [0.717, 1.165) is 39.1 Å². The molecule has 2 heterocycles. The fourth-order valence-electron chi connectivity index (χ4n) is 2.50. The van der Waals surface area contributed by atoms with Gasteiger partial charge in [0.2, 0.25) is 0 Å². The molecular weight excluding hydrogens is 244 g/mol. The summed E-state index contributed by atoms with van der Waals surface area (Å²) >= 11 is 0. The van der Waals surface area contributed by atoms with Crippen LogP contribution in [-0.4, -0.2) is 79.8 Å². The molecule has 106 valence electrons. The molecule has 0 unspecified atom stereocenters. The van der Waals surface area contributed by atoms with Gasteiger partial charge in [-0.15, -0.1) is 0 Å². The molecule has 6 heteroatoms. The van der Waals surface area contributed by atoms with E-state index in [1.807, 2.05) is 9.80 Å². The van der Waals surface area contributed by atoms with E-state index < -0.39 is 0 Å². The Balaban J connectivity index is 1.70. The molecule has 0 saturated carbocycles. The molecule has 2 rings (SSSR count). The van der Waals surface area contributed by atoms with Crippen molar-refractivity contribution in [3.05, 3.63) is 0 Å². The zero-order valence-electron chi connectivity index (χ0n) is 11.4. The summed E-state index contributed by atoms with van der Waals surface area (Å²) in [6, 6.07) is 2.32. The molecule has 0 aromatic heterocycles. The van der Waals surface area contributed by atoms with Gasteiger partial charge in [-0.2, -0.15) is 5.26 Å². The van der Waals surface area contributed by atoms with Crippen molar-refractivity contribution >= 4 is 6.03 Å². The lowest BCUT2D eigenvalue weighted by molar-refractivity contribution is 0.0377. The third kappa shape index (κ3) is 4.08. The molecule has 19 heavy (non-hydrogen) atoms. The van der Waals surface area contributed by atoms with Gasteiger partial charge in [-0.3, -0.25) is 4.90 Å². The molecule has 2 amide bonds. The molecule has 0 aromatic carbocycles. The quantitative estimate of drug-likeness (QED) is 0.692. The Morgan fingerprint density at radius 3 is 2.32 bits per heavy atom. The second-order valence-corrected chi connectivity index (χ2v) is 4.97. The summed E-state index contributed by atoms with van der Waals surface area (Å²) in [4.78, 5) is 18.4. The van der Waals surface area contributed by atoms with Gasteiger partial charge in [0.15, 0.2) is 0 Å². The molecule has 0 radical (unpaired) electrons. The number of amides is 2. The minimum absolute atomic E-state index is 0.153. The fourth-order valence-corrected chi connectivity index (χ4v) is 2.50. The third-order valence-electron chi connectivity index (χ3n) is 3.69. The van der Waals surface area contributed by atoms with Crippen LogP contribution in [-0.2, 0) is 4.74 Å². The number of unbranched alkanes of at least 4 members (excludes halogenated alkanes) is 1. The minimum atomic E-state index is 0.153. The molecule has 0 bridgehead atoms. The Hall–Kier alpha value is -1.32. The van der Waals surface area contributed by atoms with Crippen molar-refractivity contribution in [3.63, 3.8) is 0 Å². The van der Waals surface area contributed by atoms with Crippen LogP contribution in [0.3, 0.4) is 0 Å². The summed E-state index contributed by atoms with van der Waals surface area (Å²) in [5.41, 5.74) is 0. The van der Waals surface area contributed by atoms with E-state index in [2.05, 4.69) is 11.0 Å². The van der Waals surface area contributed by atoms with Crippen LogP contribution in [0.4, 0.5) is 4.79 Å². The highest BCUT2D eigenvalue weighted by Gasteiger charge is 2.25. The smallest absolute Gasteiger partial charge is 0.320 e. The zero-order chi connectivity index (χ0) is 13.5. The van der Waals surface area contributed by atoms with Crippen LogP contribution in [0.25, 0.3) is 0 Å². The predicted octanol–water partition coefficient (Wildman–Crippen LogP) is 0.360.